The number of rotatable bonds is 5. The molecule has 23 heavy (non-hydrogen) atoms. The molecule has 1 fully saturated rings. The van der Waals surface area contributed by atoms with Gasteiger partial charge in [-0.05, 0) is 12.1 Å². The van der Waals surface area contributed by atoms with Crippen LogP contribution in [0.3, 0.4) is 0 Å². The number of hydrogen-bond acceptors (Lipinski definition) is 6. The van der Waals surface area contributed by atoms with E-state index in [4.69, 9.17) is 14.0 Å². The minimum atomic E-state index is -0.202. The number of H-pyrrole nitrogens is 1. The van der Waals surface area contributed by atoms with Crippen LogP contribution in [0.1, 0.15) is 29.8 Å². The van der Waals surface area contributed by atoms with Gasteiger partial charge in [0.1, 0.15) is 17.7 Å². The number of imidazole rings is 1. The third kappa shape index (κ3) is 3.70. The normalized spacial score (nSPS) is 18.2. The Kier molecular flexibility index (Phi) is 4.61. The molecule has 0 radical (unpaired) electrons. The van der Waals surface area contributed by atoms with Gasteiger partial charge in [-0.15, -0.1) is 0 Å². The average molecular weight is 320 g/mol. The summed E-state index contributed by atoms with van der Waals surface area (Å²) in [7, 11) is 1.52. The summed E-state index contributed by atoms with van der Waals surface area (Å²) in [6.45, 7) is 3.54. The van der Waals surface area contributed by atoms with Crippen molar-refractivity contribution in [2.24, 2.45) is 0 Å². The highest BCUT2D eigenvalue weighted by Gasteiger charge is 2.27. The summed E-state index contributed by atoms with van der Waals surface area (Å²) in [6, 6.07) is 1.70. The first-order valence-electron chi connectivity index (χ1n) is 7.56. The smallest absolute Gasteiger partial charge is 0.254 e. The van der Waals surface area contributed by atoms with E-state index in [0.29, 0.717) is 44.2 Å². The zero-order valence-electron chi connectivity index (χ0n) is 13.2. The molecule has 0 unspecified atom stereocenters. The summed E-state index contributed by atoms with van der Waals surface area (Å²) < 4.78 is 15.8. The number of amides is 1. The molecule has 1 amide bonds. The van der Waals surface area contributed by atoms with Gasteiger partial charge in [-0.25, -0.2) is 4.98 Å². The van der Waals surface area contributed by atoms with Crippen molar-refractivity contribution in [2.75, 3.05) is 26.8 Å². The third-order valence-electron chi connectivity index (χ3n) is 3.78. The first-order valence-corrected chi connectivity index (χ1v) is 7.56. The van der Waals surface area contributed by atoms with Gasteiger partial charge in [0.25, 0.3) is 5.88 Å². The first kappa shape index (κ1) is 15.5. The second-order valence-electron chi connectivity index (χ2n) is 5.49. The summed E-state index contributed by atoms with van der Waals surface area (Å²) in [5, 5.41) is 3.72. The highest BCUT2D eigenvalue weighted by atomic mass is 16.5. The van der Waals surface area contributed by atoms with E-state index in [2.05, 4.69) is 15.1 Å². The van der Waals surface area contributed by atoms with Crippen LogP contribution in [-0.2, 0) is 16.0 Å². The van der Waals surface area contributed by atoms with Gasteiger partial charge in [0.05, 0.1) is 20.3 Å². The average Bonchev–Trinajstić information content (AvgIpc) is 3.21. The van der Waals surface area contributed by atoms with Crippen LogP contribution >= 0.6 is 0 Å². The molecule has 2 aromatic heterocycles. The number of methoxy groups -OCH3 is 1. The molecule has 2 aromatic rings. The number of ether oxygens (including phenoxy) is 2. The number of morpholine rings is 1. The second kappa shape index (κ2) is 6.82. The molecule has 8 heteroatoms. The van der Waals surface area contributed by atoms with Gasteiger partial charge in [0, 0.05) is 37.3 Å². The molecule has 1 N–H and O–H groups in total. The maximum absolute atomic E-state index is 12.4. The van der Waals surface area contributed by atoms with Crippen LogP contribution < -0.4 is 4.74 Å². The SMILES string of the molecule is COc1cc(CCC(=O)N2CCO[C@H](c3ncc(C)[nH]3)C2)on1. The number of aryl methyl sites for hydroxylation is 2. The molecule has 0 aromatic carbocycles. The number of aromatic amines is 1. The molecule has 0 saturated carbocycles. The highest BCUT2D eigenvalue weighted by molar-refractivity contribution is 5.76. The van der Waals surface area contributed by atoms with E-state index >= 15 is 0 Å². The number of hydrogen-bond donors (Lipinski definition) is 1. The van der Waals surface area contributed by atoms with Crippen LogP contribution in [0.2, 0.25) is 0 Å². The fourth-order valence-electron chi connectivity index (χ4n) is 2.53. The maximum Gasteiger partial charge on any atom is 0.254 e. The van der Waals surface area contributed by atoms with E-state index in [-0.39, 0.29) is 12.0 Å². The molecule has 0 bridgehead atoms. The predicted molar refractivity (Wildman–Crippen MR) is 80.0 cm³/mol. The molecule has 8 nitrogen and oxygen atoms in total. The molecule has 1 atom stereocenters. The van der Waals surface area contributed by atoms with Gasteiger partial charge in [0.15, 0.2) is 0 Å². The summed E-state index contributed by atoms with van der Waals surface area (Å²) in [6.07, 6.45) is 2.42. The molecule has 124 valence electrons. The molecular weight excluding hydrogens is 300 g/mol. The standard InChI is InChI=1S/C15H20N4O4/c1-10-8-16-15(17-10)12-9-19(5-6-22-12)14(20)4-3-11-7-13(21-2)18-23-11/h7-8,12H,3-6,9H2,1-2H3,(H,16,17)/t12-/m0/s1. The Labute approximate surface area is 133 Å². The minimum Gasteiger partial charge on any atom is -0.479 e. The number of carbonyl (C=O) groups is 1. The Balaban J connectivity index is 1.54. The Morgan fingerprint density at radius 3 is 3.13 bits per heavy atom. The largest absolute Gasteiger partial charge is 0.479 e. The van der Waals surface area contributed by atoms with Crippen LogP contribution in [0, 0.1) is 6.92 Å². The molecule has 0 aliphatic carbocycles. The minimum absolute atomic E-state index is 0.0666. The lowest BCUT2D eigenvalue weighted by Gasteiger charge is -2.32. The van der Waals surface area contributed by atoms with Gasteiger partial charge in [-0.2, -0.15) is 0 Å². The summed E-state index contributed by atoms with van der Waals surface area (Å²) in [4.78, 5) is 21.6. The lowest BCUT2D eigenvalue weighted by Crippen LogP contribution is -2.42. The van der Waals surface area contributed by atoms with Crippen molar-refractivity contribution >= 4 is 5.91 Å². The molecule has 0 spiro atoms. The summed E-state index contributed by atoms with van der Waals surface area (Å²) in [5.41, 5.74) is 0.978. The Morgan fingerprint density at radius 2 is 2.43 bits per heavy atom. The monoisotopic (exact) mass is 320 g/mol. The topological polar surface area (TPSA) is 93.5 Å². The van der Waals surface area contributed by atoms with Crippen molar-refractivity contribution in [3.63, 3.8) is 0 Å². The quantitative estimate of drug-likeness (QED) is 0.891. The Bertz CT molecular complexity index is 666. The van der Waals surface area contributed by atoms with Crippen LogP contribution in [0.4, 0.5) is 0 Å². The van der Waals surface area contributed by atoms with Gasteiger partial charge in [0.2, 0.25) is 5.91 Å². The highest BCUT2D eigenvalue weighted by Crippen LogP contribution is 2.21. The maximum atomic E-state index is 12.4. The van der Waals surface area contributed by atoms with Crippen molar-refractivity contribution in [1.29, 1.82) is 0 Å². The second-order valence-corrected chi connectivity index (χ2v) is 5.49. The zero-order chi connectivity index (χ0) is 16.2. The van der Waals surface area contributed by atoms with Gasteiger partial charge < -0.3 is 23.9 Å². The summed E-state index contributed by atoms with van der Waals surface area (Å²) >= 11 is 0. The number of carbonyl (C=O) groups excluding carboxylic acids is 1. The lowest BCUT2D eigenvalue weighted by atomic mass is 10.2. The molecular formula is C15H20N4O4. The van der Waals surface area contributed by atoms with E-state index in [1.165, 1.54) is 7.11 Å². The number of nitrogens with one attached hydrogen (secondary N) is 1. The van der Waals surface area contributed by atoms with Crippen LogP contribution in [0.25, 0.3) is 0 Å². The van der Waals surface area contributed by atoms with Crippen LogP contribution in [-0.4, -0.2) is 52.7 Å². The lowest BCUT2D eigenvalue weighted by molar-refractivity contribution is -0.139. The zero-order valence-corrected chi connectivity index (χ0v) is 13.2. The van der Waals surface area contributed by atoms with Gasteiger partial charge in [-0.1, -0.05) is 0 Å². The van der Waals surface area contributed by atoms with Crippen molar-refractivity contribution in [3.8, 4) is 5.88 Å². The van der Waals surface area contributed by atoms with Crippen LogP contribution in [0.5, 0.6) is 5.88 Å². The third-order valence-corrected chi connectivity index (χ3v) is 3.78. The first-order chi connectivity index (χ1) is 11.2. The fraction of sp³-hybridized carbons (Fsp3) is 0.533. The van der Waals surface area contributed by atoms with Crippen molar-refractivity contribution < 1.29 is 18.8 Å². The predicted octanol–water partition coefficient (Wildman–Crippen LogP) is 1.25. The van der Waals surface area contributed by atoms with E-state index in [9.17, 15) is 4.79 Å². The van der Waals surface area contributed by atoms with Crippen molar-refractivity contribution in [2.45, 2.75) is 25.9 Å². The fourth-order valence-corrected chi connectivity index (χ4v) is 2.53. The van der Waals surface area contributed by atoms with E-state index in [0.717, 1.165) is 11.5 Å². The number of aromatic nitrogens is 3. The molecule has 1 aliphatic rings. The van der Waals surface area contributed by atoms with E-state index in [1.807, 2.05) is 6.92 Å². The molecule has 3 rings (SSSR count). The van der Waals surface area contributed by atoms with Crippen molar-refractivity contribution in [3.05, 3.63) is 29.5 Å². The van der Waals surface area contributed by atoms with Crippen LogP contribution in [0.15, 0.2) is 16.8 Å². The Hall–Kier alpha value is -2.35. The number of nitrogens with zero attached hydrogens (tertiary/aromatic N) is 3. The molecule has 3 heterocycles. The van der Waals surface area contributed by atoms with Gasteiger partial charge >= 0.3 is 0 Å². The van der Waals surface area contributed by atoms with E-state index in [1.54, 1.807) is 17.2 Å². The molecule has 1 saturated heterocycles. The van der Waals surface area contributed by atoms with E-state index < -0.39 is 0 Å². The van der Waals surface area contributed by atoms with Gasteiger partial charge in [-0.3, -0.25) is 4.79 Å². The van der Waals surface area contributed by atoms with Crippen molar-refractivity contribution in [1.82, 2.24) is 20.0 Å². The molecule has 1 aliphatic heterocycles. The Morgan fingerprint density at radius 1 is 1.57 bits per heavy atom. The summed E-state index contributed by atoms with van der Waals surface area (Å²) in [5.74, 6) is 1.89.